The fraction of sp³-hybridized carbons (Fsp3) is 0.500. The molecule has 0 unspecified atom stereocenters. The van der Waals surface area contributed by atoms with Crippen LogP contribution < -0.4 is 15.8 Å². The predicted molar refractivity (Wildman–Crippen MR) is 58.6 cm³/mol. The SMILES string of the molecule is CNC(=O)Oc1cnn(CC2CC2)c1C(N)=O. The van der Waals surface area contributed by atoms with Gasteiger partial charge in [-0.2, -0.15) is 5.10 Å². The maximum Gasteiger partial charge on any atom is 0.412 e. The summed E-state index contributed by atoms with van der Waals surface area (Å²) in [4.78, 5) is 22.4. The van der Waals surface area contributed by atoms with E-state index in [2.05, 4.69) is 10.4 Å². The summed E-state index contributed by atoms with van der Waals surface area (Å²) in [7, 11) is 1.43. The van der Waals surface area contributed by atoms with Gasteiger partial charge >= 0.3 is 6.09 Å². The van der Waals surface area contributed by atoms with Crippen molar-refractivity contribution < 1.29 is 14.3 Å². The molecule has 1 fully saturated rings. The first kappa shape index (κ1) is 11.4. The van der Waals surface area contributed by atoms with E-state index in [1.807, 2.05) is 0 Å². The van der Waals surface area contributed by atoms with Crippen LogP contribution in [0.2, 0.25) is 0 Å². The van der Waals surface area contributed by atoms with Gasteiger partial charge < -0.3 is 15.8 Å². The lowest BCUT2D eigenvalue weighted by molar-refractivity contribution is 0.0987. The van der Waals surface area contributed by atoms with Crippen molar-refractivity contribution in [2.24, 2.45) is 11.7 Å². The van der Waals surface area contributed by atoms with E-state index in [0.717, 1.165) is 12.8 Å². The molecule has 1 heterocycles. The Balaban J connectivity index is 2.21. The third-order valence-corrected chi connectivity index (χ3v) is 2.57. The molecule has 7 heteroatoms. The molecule has 1 saturated carbocycles. The molecule has 1 aliphatic rings. The van der Waals surface area contributed by atoms with Crippen molar-refractivity contribution in [3.8, 4) is 5.75 Å². The zero-order valence-corrected chi connectivity index (χ0v) is 9.47. The summed E-state index contributed by atoms with van der Waals surface area (Å²) in [5, 5.41) is 6.31. The highest BCUT2D eigenvalue weighted by atomic mass is 16.6. The molecule has 17 heavy (non-hydrogen) atoms. The first-order valence-electron chi connectivity index (χ1n) is 5.37. The van der Waals surface area contributed by atoms with Crippen LogP contribution in [-0.2, 0) is 6.54 Å². The van der Waals surface area contributed by atoms with E-state index < -0.39 is 12.0 Å². The fourth-order valence-corrected chi connectivity index (χ4v) is 1.53. The van der Waals surface area contributed by atoms with Crippen LogP contribution in [0.1, 0.15) is 23.3 Å². The number of rotatable bonds is 4. The van der Waals surface area contributed by atoms with E-state index in [0.29, 0.717) is 12.5 Å². The lowest BCUT2D eigenvalue weighted by Gasteiger charge is -2.05. The number of nitrogens with one attached hydrogen (secondary N) is 1. The standard InChI is InChI=1S/C10H14N4O3/c1-12-10(16)17-7-4-13-14(5-6-2-3-6)8(7)9(11)15/h4,6H,2-3,5H2,1H3,(H2,11,15)(H,12,16). The molecule has 1 aliphatic carbocycles. The van der Waals surface area contributed by atoms with Gasteiger partial charge in [0.15, 0.2) is 11.4 Å². The Morgan fingerprint density at radius 1 is 1.65 bits per heavy atom. The van der Waals surface area contributed by atoms with Crippen molar-refractivity contribution in [3.63, 3.8) is 0 Å². The third-order valence-electron chi connectivity index (χ3n) is 2.57. The van der Waals surface area contributed by atoms with E-state index in [1.165, 1.54) is 17.9 Å². The van der Waals surface area contributed by atoms with Gasteiger partial charge in [0.05, 0.1) is 6.20 Å². The van der Waals surface area contributed by atoms with Gasteiger partial charge in [-0.1, -0.05) is 0 Å². The van der Waals surface area contributed by atoms with E-state index in [9.17, 15) is 9.59 Å². The van der Waals surface area contributed by atoms with E-state index in [-0.39, 0.29) is 11.4 Å². The van der Waals surface area contributed by atoms with Crippen molar-refractivity contribution in [3.05, 3.63) is 11.9 Å². The number of amides is 2. The molecule has 2 amide bonds. The Morgan fingerprint density at radius 2 is 2.35 bits per heavy atom. The van der Waals surface area contributed by atoms with Crippen molar-refractivity contribution in [1.29, 1.82) is 0 Å². The van der Waals surface area contributed by atoms with Crippen molar-refractivity contribution in [1.82, 2.24) is 15.1 Å². The Labute approximate surface area is 97.9 Å². The number of carbonyl (C=O) groups is 2. The van der Waals surface area contributed by atoms with Crippen LogP contribution in [0.4, 0.5) is 4.79 Å². The second-order valence-electron chi connectivity index (χ2n) is 3.99. The minimum atomic E-state index is -0.654. The molecule has 0 saturated heterocycles. The van der Waals surface area contributed by atoms with Crippen LogP contribution in [0.15, 0.2) is 6.20 Å². The molecule has 0 radical (unpaired) electrons. The summed E-state index contributed by atoms with van der Waals surface area (Å²) in [5.41, 5.74) is 5.40. The smallest absolute Gasteiger partial charge is 0.406 e. The molecule has 2 rings (SSSR count). The topological polar surface area (TPSA) is 99.2 Å². The highest BCUT2D eigenvalue weighted by Gasteiger charge is 2.26. The minimum Gasteiger partial charge on any atom is -0.406 e. The lowest BCUT2D eigenvalue weighted by atomic mass is 10.3. The van der Waals surface area contributed by atoms with Gasteiger partial charge in [-0.25, -0.2) is 4.79 Å². The highest BCUT2D eigenvalue weighted by Crippen LogP contribution is 2.31. The summed E-state index contributed by atoms with van der Waals surface area (Å²) < 4.78 is 6.40. The van der Waals surface area contributed by atoms with Crippen LogP contribution in [0.3, 0.4) is 0 Å². The van der Waals surface area contributed by atoms with Gasteiger partial charge in [0.1, 0.15) is 0 Å². The van der Waals surface area contributed by atoms with E-state index in [1.54, 1.807) is 0 Å². The van der Waals surface area contributed by atoms with Crippen LogP contribution in [0.5, 0.6) is 5.75 Å². The third kappa shape index (κ3) is 2.55. The molecule has 0 aromatic carbocycles. The molecule has 0 bridgehead atoms. The second kappa shape index (κ2) is 4.44. The van der Waals surface area contributed by atoms with Crippen LogP contribution in [0.25, 0.3) is 0 Å². The summed E-state index contributed by atoms with van der Waals surface area (Å²) >= 11 is 0. The fourth-order valence-electron chi connectivity index (χ4n) is 1.53. The van der Waals surface area contributed by atoms with Crippen LogP contribution in [0, 0.1) is 5.92 Å². The Morgan fingerprint density at radius 3 is 2.88 bits per heavy atom. The van der Waals surface area contributed by atoms with Crippen molar-refractivity contribution in [2.75, 3.05) is 7.05 Å². The maximum absolute atomic E-state index is 11.3. The zero-order valence-electron chi connectivity index (χ0n) is 9.47. The van der Waals surface area contributed by atoms with Gasteiger partial charge in [-0.3, -0.25) is 9.48 Å². The number of primary amides is 1. The Bertz CT molecular complexity index is 450. The van der Waals surface area contributed by atoms with Crippen molar-refractivity contribution >= 4 is 12.0 Å². The lowest BCUT2D eigenvalue weighted by Crippen LogP contribution is -2.25. The van der Waals surface area contributed by atoms with Gasteiger partial charge in [-0.05, 0) is 18.8 Å². The average Bonchev–Trinajstić information content (AvgIpc) is 3.00. The minimum absolute atomic E-state index is 0.0949. The highest BCUT2D eigenvalue weighted by molar-refractivity contribution is 5.94. The number of hydrogen-bond acceptors (Lipinski definition) is 4. The number of carbonyl (C=O) groups excluding carboxylic acids is 2. The average molecular weight is 238 g/mol. The van der Waals surface area contributed by atoms with Gasteiger partial charge in [0.25, 0.3) is 5.91 Å². The first-order valence-corrected chi connectivity index (χ1v) is 5.37. The molecular formula is C10H14N4O3. The molecule has 0 aliphatic heterocycles. The monoisotopic (exact) mass is 238 g/mol. The Kier molecular flexibility index (Phi) is 2.99. The van der Waals surface area contributed by atoms with Crippen LogP contribution in [-0.4, -0.2) is 28.8 Å². The number of aromatic nitrogens is 2. The van der Waals surface area contributed by atoms with Gasteiger partial charge in [-0.15, -0.1) is 0 Å². The van der Waals surface area contributed by atoms with E-state index in [4.69, 9.17) is 10.5 Å². The van der Waals surface area contributed by atoms with Crippen LogP contribution >= 0.6 is 0 Å². The van der Waals surface area contributed by atoms with Crippen molar-refractivity contribution in [2.45, 2.75) is 19.4 Å². The molecule has 0 atom stereocenters. The molecule has 1 aromatic heterocycles. The zero-order chi connectivity index (χ0) is 12.4. The number of nitrogens with zero attached hydrogens (tertiary/aromatic N) is 2. The van der Waals surface area contributed by atoms with Gasteiger partial charge in [0, 0.05) is 13.6 Å². The first-order chi connectivity index (χ1) is 8.11. The van der Waals surface area contributed by atoms with E-state index >= 15 is 0 Å². The molecule has 92 valence electrons. The molecular weight excluding hydrogens is 224 g/mol. The largest absolute Gasteiger partial charge is 0.412 e. The molecule has 7 nitrogen and oxygen atoms in total. The number of hydrogen-bond donors (Lipinski definition) is 2. The summed E-state index contributed by atoms with van der Waals surface area (Å²) in [6, 6.07) is 0. The molecule has 0 spiro atoms. The molecule has 3 N–H and O–H groups in total. The second-order valence-corrected chi connectivity index (χ2v) is 3.99. The number of nitrogens with two attached hydrogens (primary N) is 1. The number of ether oxygens (including phenoxy) is 1. The summed E-state index contributed by atoms with van der Waals surface area (Å²) in [6.07, 6.45) is 2.93. The van der Waals surface area contributed by atoms with Gasteiger partial charge in [0.2, 0.25) is 0 Å². The summed E-state index contributed by atoms with van der Waals surface area (Å²) in [6.45, 7) is 0.634. The Hall–Kier alpha value is -2.05. The maximum atomic E-state index is 11.3. The normalized spacial score (nSPS) is 14.4. The summed E-state index contributed by atoms with van der Waals surface area (Å²) in [5.74, 6) is -0.0135. The predicted octanol–water partition coefficient (Wildman–Crippen LogP) is 0.110. The quantitative estimate of drug-likeness (QED) is 0.777. The molecule has 1 aromatic rings.